The quantitative estimate of drug-likeness (QED) is 0.479. The van der Waals surface area contributed by atoms with E-state index in [2.05, 4.69) is 15.5 Å². The molecule has 0 bridgehead atoms. The predicted octanol–water partition coefficient (Wildman–Crippen LogP) is 0.812. The fraction of sp³-hybridized carbons (Fsp3) is 0.200. The number of benzene rings is 1. The summed E-state index contributed by atoms with van der Waals surface area (Å²) in [6, 6.07) is 1.41. The number of aromatic nitrogens is 2. The van der Waals surface area contributed by atoms with E-state index in [-0.39, 0.29) is 23.2 Å². The average molecular weight is 253 g/mol. The van der Waals surface area contributed by atoms with Crippen LogP contribution in [-0.4, -0.2) is 39.1 Å². The molecule has 1 amide bonds. The minimum absolute atomic E-state index is 0.00490. The number of thioether (sulfide) groups is 1. The van der Waals surface area contributed by atoms with Gasteiger partial charge in [0.25, 0.3) is 0 Å². The molecular formula is C10H11N3O3S. The van der Waals surface area contributed by atoms with Gasteiger partial charge in [-0.3, -0.25) is 9.89 Å². The van der Waals surface area contributed by atoms with Gasteiger partial charge in [0.2, 0.25) is 5.91 Å². The Hall–Kier alpha value is -1.89. The van der Waals surface area contributed by atoms with Crippen LogP contribution in [0.25, 0.3) is 10.9 Å². The molecule has 17 heavy (non-hydrogen) atoms. The SMILES string of the molecule is CNC(=O)CSc1cc(O)c2[nH]ncc2c1O. The fourth-order valence-electron chi connectivity index (χ4n) is 1.38. The number of aromatic hydroxyl groups is 2. The van der Waals surface area contributed by atoms with Gasteiger partial charge in [-0.1, -0.05) is 0 Å². The monoisotopic (exact) mass is 253 g/mol. The van der Waals surface area contributed by atoms with Crippen LogP contribution in [-0.2, 0) is 4.79 Å². The zero-order valence-electron chi connectivity index (χ0n) is 9.02. The van der Waals surface area contributed by atoms with Crippen LogP contribution in [0.3, 0.4) is 0 Å². The highest BCUT2D eigenvalue weighted by Gasteiger charge is 2.13. The highest BCUT2D eigenvalue weighted by atomic mass is 32.2. The van der Waals surface area contributed by atoms with E-state index >= 15 is 0 Å². The minimum atomic E-state index is -0.152. The van der Waals surface area contributed by atoms with Gasteiger partial charge >= 0.3 is 0 Å². The van der Waals surface area contributed by atoms with Crippen LogP contribution in [0.1, 0.15) is 0 Å². The maximum absolute atomic E-state index is 11.1. The van der Waals surface area contributed by atoms with Crippen molar-refractivity contribution in [1.82, 2.24) is 15.5 Å². The van der Waals surface area contributed by atoms with Gasteiger partial charge in [0.15, 0.2) is 0 Å². The molecule has 1 aromatic carbocycles. The molecule has 0 saturated carbocycles. The van der Waals surface area contributed by atoms with E-state index < -0.39 is 0 Å². The normalized spacial score (nSPS) is 10.6. The largest absolute Gasteiger partial charge is 0.506 e. The molecule has 0 aliphatic heterocycles. The first-order valence-electron chi connectivity index (χ1n) is 4.85. The average Bonchev–Trinajstić information content (AvgIpc) is 2.81. The van der Waals surface area contributed by atoms with E-state index in [1.54, 1.807) is 7.05 Å². The van der Waals surface area contributed by atoms with E-state index in [0.717, 1.165) is 11.8 Å². The Morgan fingerprint density at radius 2 is 2.35 bits per heavy atom. The molecule has 0 atom stereocenters. The van der Waals surface area contributed by atoms with Gasteiger partial charge in [-0.15, -0.1) is 11.8 Å². The third-order valence-corrected chi connectivity index (χ3v) is 3.32. The number of amides is 1. The summed E-state index contributed by atoms with van der Waals surface area (Å²) in [6.45, 7) is 0. The number of carbonyl (C=O) groups excluding carboxylic acids is 1. The number of phenolic OH excluding ortho intramolecular Hbond substituents is 2. The number of hydrogen-bond acceptors (Lipinski definition) is 5. The lowest BCUT2D eigenvalue weighted by molar-refractivity contribution is -0.118. The summed E-state index contributed by atoms with van der Waals surface area (Å²) >= 11 is 1.15. The van der Waals surface area contributed by atoms with E-state index in [4.69, 9.17) is 0 Å². The number of carbonyl (C=O) groups is 1. The Bertz CT molecular complexity index is 567. The molecule has 0 radical (unpaired) electrons. The first kappa shape index (κ1) is 11.6. The van der Waals surface area contributed by atoms with Gasteiger partial charge in [0.05, 0.1) is 22.2 Å². The number of nitrogens with zero attached hydrogens (tertiary/aromatic N) is 1. The second-order valence-electron chi connectivity index (χ2n) is 3.36. The third kappa shape index (κ3) is 2.14. The van der Waals surface area contributed by atoms with Gasteiger partial charge in [-0.2, -0.15) is 5.10 Å². The molecule has 7 heteroatoms. The lowest BCUT2D eigenvalue weighted by atomic mass is 10.2. The maximum atomic E-state index is 11.1. The number of nitrogens with one attached hydrogen (secondary N) is 2. The molecular weight excluding hydrogens is 242 g/mol. The van der Waals surface area contributed by atoms with Gasteiger partial charge in [-0.05, 0) is 6.07 Å². The van der Waals surface area contributed by atoms with Gasteiger partial charge < -0.3 is 15.5 Å². The van der Waals surface area contributed by atoms with Crippen LogP contribution in [0.5, 0.6) is 11.5 Å². The lowest BCUT2D eigenvalue weighted by Gasteiger charge is -2.06. The molecule has 1 heterocycles. The summed E-state index contributed by atoms with van der Waals surface area (Å²) in [5.41, 5.74) is 0.381. The van der Waals surface area contributed by atoms with Gasteiger partial charge in [0, 0.05) is 7.05 Å². The zero-order chi connectivity index (χ0) is 12.4. The van der Waals surface area contributed by atoms with Crippen LogP contribution < -0.4 is 5.32 Å². The van der Waals surface area contributed by atoms with E-state index in [0.29, 0.717) is 15.8 Å². The van der Waals surface area contributed by atoms with Crippen molar-refractivity contribution in [3.63, 3.8) is 0 Å². The van der Waals surface area contributed by atoms with Crippen molar-refractivity contribution in [2.45, 2.75) is 4.90 Å². The topological polar surface area (TPSA) is 98.2 Å². The minimum Gasteiger partial charge on any atom is -0.506 e. The first-order valence-corrected chi connectivity index (χ1v) is 5.83. The number of phenols is 2. The molecule has 4 N–H and O–H groups in total. The van der Waals surface area contributed by atoms with Gasteiger partial charge in [-0.25, -0.2) is 0 Å². The highest BCUT2D eigenvalue weighted by molar-refractivity contribution is 8.00. The third-order valence-electron chi connectivity index (χ3n) is 2.29. The first-order chi connectivity index (χ1) is 8.13. The summed E-state index contributed by atoms with van der Waals surface area (Å²) < 4.78 is 0. The fourth-order valence-corrected chi connectivity index (χ4v) is 2.26. The summed E-state index contributed by atoms with van der Waals surface area (Å²) in [7, 11) is 1.54. The molecule has 1 aromatic heterocycles. The van der Waals surface area contributed by atoms with Crippen LogP contribution in [0.15, 0.2) is 17.2 Å². The van der Waals surface area contributed by atoms with Gasteiger partial charge in [0.1, 0.15) is 17.0 Å². The van der Waals surface area contributed by atoms with Crippen molar-refractivity contribution in [1.29, 1.82) is 0 Å². The summed E-state index contributed by atoms with van der Waals surface area (Å²) in [6.07, 6.45) is 1.42. The molecule has 0 aliphatic rings. The van der Waals surface area contributed by atoms with Crippen molar-refractivity contribution >= 4 is 28.6 Å². The molecule has 0 aliphatic carbocycles. The number of H-pyrrole nitrogens is 1. The summed E-state index contributed by atoms with van der Waals surface area (Å²) in [5, 5.41) is 28.9. The van der Waals surface area contributed by atoms with Crippen molar-refractivity contribution in [2.24, 2.45) is 0 Å². The molecule has 2 aromatic rings. The van der Waals surface area contributed by atoms with Crippen LogP contribution in [0, 0.1) is 0 Å². The second-order valence-corrected chi connectivity index (χ2v) is 4.38. The molecule has 0 unspecified atom stereocenters. The summed E-state index contributed by atoms with van der Waals surface area (Å²) in [4.78, 5) is 11.5. The van der Waals surface area contributed by atoms with Crippen LogP contribution in [0.4, 0.5) is 0 Å². The number of aromatic amines is 1. The Balaban J connectivity index is 2.34. The predicted molar refractivity (Wildman–Crippen MR) is 64.2 cm³/mol. The Labute approximate surface area is 101 Å². The second kappa shape index (κ2) is 4.54. The van der Waals surface area contributed by atoms with Crippen LogP contribution in [0.2, 0.25) is 0 Å². The Morgan fingerprint density at radius 1 is 1.59 bits per heavy atom. The molecule has 6 nitrogen and oxygen atoms in total. The number of fused-ring (bicyclic) bond motifs is 1. The summed E-state index contributed by atoms with van der Waals surface area (Å²) in [5.74, 6) is 0.0312. The lowest BCUT2D eigenvalue weighted by Crippen LogP contribution is -2.19. The van der Waals surface area contributed by atoms with Crippen molar-refractivity contribution in [3.8, 4) is 11.5 Å². The molecule has 0 spiro atoms. The van der Waals surface area contributed by atoms with Crippen molar-refractivity contribution in [2.75, 3.05) is 12.8 Å². The highest BCUT2D eigenvalue weighted by Crippen LogP contribution is 2.39. The van der Waals surface area contributed by atoms with E-state index in [1.807, 2.05) is 0 Å². The molecule has 0 fully saturated rings. The maximum Gasteiger partial charge on any atom is 0.230 e. The number of hydrogen-bond donors (Lipinski definition) is 4. The standard InChI is InChI=1S/C10H11N3O3S/c1-11-8(15)4-17-7-2-6(14)9-5(10(7)16)3-12-13-9/h2-3,14,16H,4H2,1H3,(H,11,15)(H,12,13). The van der Waals surface area contributed by atoms with E-state index in [1.165, 1.54) is 12.3 Å². The van der Waals surface area contributed by atoms with Crippen molar-refractivity contribution < 1.29 is 15.0 Å². The smallest absolute Gasteiger partial charge is 0.230 e. The van der Waals surface area contributed by atoms with E-state index in [9.17, 15) is 15.0 Å². The molecule has 0 saturated heterocycles. The number of rotatable bonds is 3. The zero-order valence-corrected chi connectivity index (χ0v) is 9.84. The van der Waals surface area contributed by atoms with Crippen molar-refractivity contribution in [3.05, 3.63) is 12.3 Å². The molecule has 2 rings (SSSR count). The van der Waals surface area contributed by atoms with Crippen LogP contribution >= 0.6 is 11.8 Å². The Kier molecular flexibility index (Phi) is 3.10. The Morgan fingerprint density at radius 3 is 3.06 bits per heavy atom. The molecule has 90 valence electrons.